The zero-order chi connectivity index (χ0) is 16.2. The maximum absolute atomic E-state index is 12.3. The normalized spacial score (nSPS) is 15.8. The zero-order valence-electron chi connectivity index (χ0n) is 13.2. The van der Waals surface area contributed by atoms with Gasteiger partial charge in [0.1, 0.15) is 0 Å². The Kier molecular flexibility index (Phi) is 4.85. The van der Waals surface area contributed by atoms with E-state index in [9.17, 15) is 4.79 Å². The Labute approximate surface area is 140 Å². The van der Waals surface area contributed by atoms with Crippen molar-refractivity contribution in [3.05, 3.63) is 30.3 Å². The van der Waals surface area contributed by atoms with E-state index in [0.717, 1.165) is 31.5 Å². The summed E-state index contributed by atoms with van der Waals surface area (Å²) in [6.45, 7) is 3.94. The molecule has 0 saturated carbocycles. The molecule has 0 radical (unpaired) electrons. The van der Waals surface area contributed by atoms with Crippen LogP contribution in [0.15, 0.2) is 35.5 Å². The van der Waals surface area contributed by atoms with Crippen molar-refractivity contribution >= 4 is 17.7 Å². The Morgan fingerprint density at radius 2 is 1.96 bits per heavy atom. The Morgan fingerprint density at radius 1 is 1.26 bits per heavy atom. The maximum Gasteiger partial charge on any atom is 0.233 e. The van der Waals surface area contributed by atoms with Gasteiger partial charge in [-0.25, -0.2) is 4.68 Å². The molecule has 1 aliphatic heterocycles. The number of nitrogens with zero attached hydrogens (tertiary/aromatic N) is 4. The number of nitrogens with two attached hydrogens (primary N) is 1. The summed E-state index contributed by atoms with van der Waals surface area (Å²) in [5, 5.41) is 8.79. The SMILES string of the molecule is CC1CCN(C(=O)CSc2nnc(-c3ccccc3)n2N)CC1. The number of hydrogen-bond acceptors (Lipinski definition) is 5. The third-order valence-corrected chi connectivity index (χ3v) is 5.09. The summed E-state index contributed by atoms with van der Waals surface area (Å²) in [7, 11) is 0. The van der Waals surface area contributed by atoms with E-state index in [-0.39, 0.29) is 5.91 Å². The second-order valence-electron chi connectivity index (χ2n) is 5.89. The molecule has 2 aromatic rings. The van der Waals surface area contributed by atoms with Gasteiger partial charge >= 0.3 is 0 Å². The van der Waals surface area contributed by atoms with Crippen LogP contribution < -0.4 is 5.84 Å². The first-order valence-electron chi connectivity index (χ1n) is 7.81. The second-order valence-corrected chi connectivity index (χ2v) is 6.84. The Hall–Kier alpha value is -2.02. The molecule has 2 N–H and O–H groups in total. The summed E-state index contributed by atoms with van der Waals surface area (Å²) in [6, 6.07) is 9.66. The quantitative estimate of drug-likeness (QED) is 0.685. The van der Waals surface area contributed by atoms with E-state index in [1.807, 2.05) is 35.2 Å². The minimum Gasteiger partial charge on any atom is -0.342 e. The van der Waals surface area contributed by atoms with Crippen LogP contribution in [0.4, 0.5) is 0 Å². The summed E-state index contributed by atoms with van der Waals surface area (Å²) < 4.78 is 1.45. The van der Waals surface area contributed by atoms with Gasteiger partial charge in [0.2, 0.25) is 11.1 Å². The van der Waals surface area contributed by atoms with Crippen molar-refractivity contribution in [2.24, 2.45) is 5.92 Å². The van der Waals surface area contributed by atoms with Crippen LogP contribution in [0.25, 0.3) is 11.4 Å². The molecule has 0 bridgehead atoms. The number of amides is 1. The summed E-state index contributed by atoms with van der Waals surface area (Å²) >= 11 is 1.34. The molecule has 23 heavy (non-hydrogen) atoms. The molecule has 0 unspecified atom stereocenters. The number of piperidine rings is 1. The first-order chi connectivity index (χ1) is 11.1. The van der Waals surface area contributed by atoms with Crippen LogP contribution in [-0.4, -0.2) is 44.5 Å². The first kappa shape index (κ1) is 15.9. The van der Waals surface area contributed by atoms with Gasteiger partial charge < -0.3 is 10.7 Å². The van der Waals surface area contributed by atoms with Crippen LogP contribution in [0, 0.1) is 5.92 Å². The number of benzene rings is 1. The highest BCUT2D eigenvalue weighted by Crippen LogP contribution is 2.22. The molecule has 6 nitrogen and oxygen atoms in total. The molecule has 0 aliphatic carbocycles. The van der Waals surface area contributed by atoms with E-state index in [4.69, 9.17) is 5.84 Å². The third kappa shape index (κ3) is 3.67. The summed E-state index contributed by atoms with van der Waals surface area (Å²) in [5.74, 6) is 7.87. The van der Waals surface area contributed by atoms with E-state index in [0.29, 0.717) is 22.7 Å². The van der Waals surface area contributed by atoms with Crippen molar-refractivity contribution in [3.63, 3.8) is 0 Å². The van der Waals surface area contributed by atoms with E-state index < -0.39 is 0 Å². The van der Waals surface area contributed by atoms with Crippen LogP contribution >= 0.6 is 11.8 Å². The monoisotopic (exact) mass is 331 g/mol. The van der Waals surface area contributed by atoms with Crippen molar-refractivity contribution in [1.82, 2.24) is 19.8 Å². The van der Waals surface area contributed by atoms with Gasteiger partial charge in [-0.3, -0.25) is 4.79 Å². The Bertz CT molecular complexity index is 664. The first-order valence-corrected chi connectivity index (χ1v) is 8.80. The zero-order valence-corrected chi connectivity index (χ0v) is 14.0. The van der Waals surface area contributed by atoms with Crippen LogP contribution in [0.3, 0.4) is 0 Å². The van der Waals surface area contributed by atoms with Crippen LogP contribution in [0.5, 0.6) is 0 Å². The van der Waals surface area contributed by atoms with Crippen molar-refractivity contribution in [1.29, 1.82) is 0 Å². The van der Waals surface area contributed by atoms with Crippen molar-refractivity contribution in [2.75, 3.05) is 24.7 Å². The number of rotatable bonds is 4. The minimum absolute atomic E-state index is 0.145. The summed E-state index contributed by atoms with van der Waals surface area (Å²) in [5.41, 5.74) is 0.908. The fourth-order valence-electron chi connectivity index (χ4n) is 2.64. The van der Waals surface area contributed by atoms with Gasteiger partial charge in [0.05, 0.1) is 5.75 Å². The number of nitrogen functional groups attached to an aromatic ring is 1. The van der Waals surface area contributed by atoms with Gasteiger partial charge in [0, 0.05) is 18.7 Å². The number of carbonyl (C=O) groups is 1. The number of thioether (sulfide) groups is 1. The summed E-state index contributed by atoms with van der Waals surface area (Å²) in [4.78, 5) is 14.2. The lowest BCUT2D eigenvalue weighted by Crippen LogP contribution is -2.39. The maximum atomic E-state index is 12.3. The lowest BCUT2D eigenvalue weighted by molar-refractivity contribution is -0.129. The van der Waals surface area contributed by atoms with Crippen molar-refractivity contribution in [2.45, 2.75) is 24.9 Å². The van der Waals surface area contributed by atoms with E-state index in [1.165, 1.54) is 16.4 Å². The van der Waals surface area contributed by atoms with Gasteiger partial charge in [0.15, 0.2) is 5.82 Å². The van der Waals surface area contributed by atoms with Crippen LogP contribution in [0.1, 0.15) is 19.8 Å². The molecular weight excluding hydrogens is 310 g/mol. The molecular formula is C16H21N5OS. The molecule has 0 spiro atoms. The highest BCUT2D eigenvalue weighted by atomic mass is 32.2. The van der Waals surface area contributed by atoms with Gasteiger partial charge in [-0.2, -0.15) is 0 Å². The third-order valence-electron chi connectivity index (χ3n) is 4.16. The number of carbonyl (C=O) groups excluding carboxylic acids is 1. The topological polar surface area (TPSA) is 77.0 Å². The minimum atomic E-state index is 0.145. The molecule has 0 atom stereocenters. The van der Waals surface area contributed by atoms with E-state index >= 15 is 0 Å². The molecule has 2 heterocycles. The van der Waals surface area contributed by atoms with E-state index in [1.54, 1.807) is 0 Å². The largest absolute Gasteiger partial charge is 0.342 e. The van der Waals surface area contributed by atoms with Gasteiger partial charge in [-0.1, -0.05) is 49.0 Å². The average Bonchev–Trinajstić information content (AvgIpc) is 2.95. The standard InChI is InChI=1S/C16H21N5OS/c1-12-7-9-20(10-8-12)14(22)11-23-16-19-18-15(21(16)17)13-5-3-2-4-6-13/h2-6,12H,7-11,17H2,1H3. The predicted molar refractivity (Wildman–Crippen MR) is 91.3 cm³/mol. The fourth-order valence-corrected chi connectivity index (χ4v) is 3.39. The van der Waals surface area contributed by atoms with Gasteiger partial charge in [-0.05, 0) is 18.8 Å². The lowest BCUT2D eigenvalue weighted by atomic mass is 9.99. The van der Waals surface area contributed by atoms with Gasteiger partial charge in [0.25, 0.3) is 0 Å². The van der Waals surface area contributed by atoms with Crippen molar-refractivity contribution in [3.8, 4) is 11.4 Å². The number of likely N-dealkylation sites (tertiary alicyclic amines) is 1. The highest BCUT2D eigenvalue weighted by molar-refractivity contribution is 7.99. The summed E-state index contributed by atoms with van der Waals surface area (Å²) in [6.07, 6.45) is 2.17. The molecule has 1 aromatic carbocycles. The fraction of sp³-hybridized carbons (Fsp3) is 0.438. The number of aromatic nitrogens is 3. The molecule has 1 aliphatic rings. The molecule has 1 saturated heterocycles. The lowest BCUT2D eigenvalue weighted by Gasteiger charge is -2.30. The van der Waals surface area contributed by atoms with Crippen LogP contribution in [-0.2, 0) is 4.79 Å². The highest BCUT2D eigenvalue weighted by Gasteiger charge is 2.21. The van der Waals surface area contributed by atoms with Gasteiger partial charge in [-0.15, -0.1) is 10.2 Å². The molecule has 1 aromatic heterocycles. The predicted octanol–water partition coefficient (Wildman–Crippen LogP) is 2.01. The number of hydrogen-bond donors (Lipinski definition) is 1. The molecule has 1 amide bonds. The van der Waals surface area contributed by atoms with Crippen LogP contribution in [0.2, 0.25) is 0 Å². The Morgan fingerprint density at radius 3 is 2.65 bits per heavy atom. The smallest absolute Gasteiger partial charge is 0.233 e. The second kappa shape index (κ2) is 7.04. The van der Waals surface area contributed by atoms with E-state index in [2.05, 4.69) is 17.1 Å². The molecule has 122 valence electrons. The van der Waals surface area contributed by atoms with Crippen molar-refractivity contribution < 1.29 is 4.79 Å². The Balaban J connectivity index is 1.61. The average molecular weight is 331 g/mol. The molecule has 1 fully saturated rings. The molecule has 3 rings (SSSR count). The molecule has 7 heteroatoms.